The normalized spacial score (nSPS) is 15.7. The third-order valence-electron chi connectivity index (χ3n) is 4.45. The average molecular weight is 358 g/mol. The molecule has 25 heavy (non-hydrogen) atoms. The van der Waals surface area contributed by atoms with Crippen molar-refractivity contribution >= 4 is 40.2 Å². The van der Waals surface area contributed by atoms with E-state index in [0.29, 0.717) is 16.8 Å². The van der Waals surface area contributed by atoms with Gasteiger partial charge in [0.25, 0.3) is 0 Å². The highest BCUT2D eigenvalue weighted by atomic mass is 35.5. The molecule has 0 aliphatic carbocycles. The van der Waals surface area contributed by atoms with Gasteiger partial charge in [-0.05, 0) is 26.1 Å². The molecule has 3 aromatic rings. The van der Waals surface area contributed by atoms with E-state index in [-0.39, 0.29) is 0 Å². The number of H-pyrrole nitrogens is 1. The number of nitrogens with zero attached hydrogens (tertiary/aromatic N) is 5. The van der Waals surface area contributed by atoms with E-state index in [1.165, 1.54) is 0 Å². The summed E-state index contributed by atoms with van der Waals surface area (Å²) in [6, 6.07) is 5.68. The van der Waals surface area contributed by atoms with Crippen LogP contribution < -0.4 is 10.2 Å². The second-order valence-electron chi connectivity index (χ2n) is 6.32. The number of hydrogen-bond acceptors (Lipinski definition) is 6. The van der Waals surface area contributed by atoms with E-state index in [0.717, 1.165) is 48.7 Å². The molecule has 8 heteroatoms. The Kier molecular flexibility index (Phi) is 4.19. The van der Waals surface area contributed by atoms with Crippen LogP contribution in [-0.4, -0.2) is 58.1 Å². The molecule has 130 valence electrons. The third-order valence-corrected chi connectivity index (χ3v) is 4.85. The average Bonchev–Trinajstić information content (AvgIpc) is 3.00. The van der Waals surface area contributed by atoms with Crippen molar-refractivity contribution < 1.29 is 0 Å². The Morgan fingerprint density at radius 2 is 1.96 bits per heavy atom. The van der Waals surface area contributed by atoms with Crippen molar-refractivity contribution in [1.29, 1.82) is 0 Å². The standard InChI is InChI=1S/C17H20ClN7/c1-11-12(18)3-4-15(20-11)23-17-21-13-9-16(19-10-14(13)22-17)25-7-5-24(2)6-8-25/h3-4,9-10H,5-8H2,1-2H3,(H2,20,21,22,23). The zero-order chi connectivity index (χ0) is 17.4. The highest BCUT2D eigenvalue weighted by molar-refractivity contribution is 6.31. The van der Waals surface area contributed by atoms with Crippen molar-refractivity contribution in [1.82, 2.24) is 24.8 Å². The molecule has 2 N–H and O–H groups in total. The molecule has 0 radical (unpaired) electrons. The molecule has 1 aliphatic heterocycles. The fraction of sp³-hybridized carbons (Fsp3) is 0.353. The van der Waals surface area contributed by atoms with E-state index < -0.39 is 0 Å². The highest BCUT2D eigenvalue weighted by Gasteiger charge is 2.16. The van der Waals surface area contributed by atoms with Crippen LogP contribution >= 0.6 is 11.6 Å². The molecule has 3 aromatic heterocycles. The summed E-state index contributed by atoms with van der Waals surface area (Å²) in [5.74, 6) is 2.31. The molecule has 1 aliphatic rings. The van der Waals surface area contributed by atoms with Gasteiger partial charge in [-0.2, -0.15) is 0 Å². The zero-order valence-corrected chi connectivity index (χ0v) is 15.0. The summed E-state index contributed by atoms with van der Waals surface area (Å²) in [5, 5.41) is 3.83. The smallest absolute Gasteiger partial charge is 0.206 e. The number of anilines is 3. The van der Waals surface area contributed by atoms with Gasteiger partial charge in [0, 0.05) is 32.2 Å². The predicted molar refractivity (Wildman–Crippen MR) is 101 cm³/mol. The molecule has 4 heterocycles. The Bertz CT molecular complexity index is 899. The first-order valence-electron chi connectivity index (χ1n) is 8.28. The van der Waals surface area contributed by atoms with Gasteiger partial charge in [0.15, 0.2) is 0 Å². The first-order valence-corrected chi connectivity index (χ1v) is 8.66. The van der Waals surface area contributed by atoms with Gasteiger partial charge in [-0.1, -0.05) is 11.6 Å². The largest absolute Gasteiger partial charge is 0.354 e. The third kappa shape index (κ3) is 3.38. The van der Waals surface area contributed by atoms with Gasteiger partial charge in [0.2, 0.25) is 5.95 Å². The topological polar surface area (TPSA) is 73.0 Å². The summed E-state index contributed by atoms with van der Waals surface area (Å²) in [5.41, 5.74) is 2.56. The van der Waals surface area contributed by atoms with Gasteiger partial charge in [-0.25, -0.2) is 15.0 Å². The number of pyridine rings is 2. The lowest BCUT2D eigenvalue weighted by molar-refractivity contribution is 0.312. The molecule has 4 rings (SSSR count). The van der Waals surface area contributed by atoms with Gasteiger partial charge in [-0.15, -0.1) is 0 Å². The molecule has 0 aromatic carbocycles. The van der Waals surface area contributed by atoms with Gasteiger partial charge >= 0.3 is 0 Å². The van der Waals surface area contributed by atoms with Crippen molar-refractivity contribution in [2.24, 2.45) is 0 Å². The summed E-state index contributed by atoms with van der Waals surface area (Å²) in [6.45, 7) is 5.94. The lowest BCUT2D eigenvalue weighted by atomic mass is 10.3. The number of fused-ring (bicyclic) bond motifs is 1. The molecular weight excluding hydrogens is 338 g/mol. The first-order chi connectivity index (χ1) is 12.1. The quantitative estimate of drug-likeness (QED) is 0.751. The van der Waals surface area contributed by atoms with Crippen LogP contribution in [0.1, 0.15) is 5.69 Å². The molecular formula is C17H20ClN7. The van der Waals surface area contributed by atoms with Crippen LogP contribution in [0.5, 0.6) is 0 Å². The van der Waals surface area contributed by atoms with Gasteiger partial charge < -0.3 is 20.1 Å². The first kappa shape index (κ1) is 16.1. The second-order valence-corrected chi connectivity index (χ2v) is 6.73. The molecule has 1 fully saturated rings. The maximum absolute atomic E-state index is 6.02. The van der Waals surface area contributed by atoms with E-state index in [1.54, 1.807) is 0 Å². The van der Waals surface area contributed by atoms with Crippen LogP contribution in [0.3, 0.4) is 0 Å². The molecule has 0 amide bonds. The molecule has 0 unspecified atom stereocenters. The van der Waals surface area contributed by atoms with E-state index >= 15 is 0 Å². The van der Waals surface area contributed by atoms with Crippen LogP contribution in [0.15, 0.2) is 24.4 Å². The molecule has 0 atom stereocenters. The lowest BCUT2D eigenvalue weighted by Gasteiger charge is -2.33. The fourth-order valence-corrected chi connectivity index (χ4v) is 3.01. The van der Waals surface area contributed by atoms with E-state index in [9.17, 15) is 0 Å². The Balaban J connectivity index is 1.56. The van der Waals surface area contributed by atoms with E-state index in [4.69, 9.17) is 11.6 Å². The molecule has 0 bridgehead atoms. The maximum Gasteiger partial charge on any atom is 0.206 e. The van der Waals surface area contributed by atoms with E-state index in [2.05, 4.69) is 42.1 Å². The highest BCUT2D eigenvalue weighted by Crippen LogP contribution is 2.22. The second kappa shape index (κ2) is 6.50. The van der Waals surface area contributed by atoms with Crippen molar-refractivity contribution in [3.05, 3.63) is 35.1 Å². The maximum atomic E-state index is 6.02. The van der Waals surface area contributed by atoms with Gasteiger partial charge in [0.1, 0.15) is 11.6 Å². The fourth-order valence-electron chi connectivity index (χ4n) is 2.90. The molecule has 1 saturated heterocycles. The predicted octanol–water partition coefficient (Wildman–Crippen LogP) is 2.81. The lowest BCUT2D eigenvalue weighted by Crippen LogP contribution is -2.44. The van der Waals surface area contributed by atoms with Crippen molar-refractivity contribution in [3.8, 4) is 0 Å². The number of aromatic amines is 1. The Labute approximate surface area is 151 Å². The van der Waals surface area contributed by atoms with E-state index in [1.807, 2.05) is 31.3 Å². The minimum atomic E-state index is 0.640. The Hall–Kier alpha value is -2.38. The minimum absolute atomic E-state index is 0.640. The molecule has 0 spiro atoms. The number of piperazine rings is 1. The summed E-state index contributed by atoms with van der Waals surface area (Å²) in [6.07, 6.45) is 1.84. The summed E-state index contributed by atoms with van der Waals surface area (Å²) in [7, 11) is 2.14. The summed E-state index contributed by atoms with van der Waals surface area (Å²) < 4.78 is 0. The number of halogens is 1. The van der Waals surface area contributed by atoms with Crippen LogP contribution in [0, 0.1) is 6.92 Å². The number of imidazole rings is 1. The van der Waals surface area contributed by atoms with Gasteiger partial charge in [0.05, 0.1) is 27.9 Å². The van der Waals surface area contributed by atoms with Crippen molar-refractivity contribution in [2.75, 3.05) is 43.4 Å². The van der Waals surface area contributed by atoms with Crippen LogP contribution in [-0.2, 0) is 0 Å². The monoisotopic (exact) mass is 357 g/mol. The number of aromatic nitrogens is 4. The van der Waals surface area contributed by atoms with Crippen LogP contribution in [0.4, 0.5) is 17.6 Å². The number of likely N-dealkylation sites (N-methyl/N-ethyl adjacent to an activating group) is 1. The summed E-state index contributed by atoms with van der Waals surface area (Å²) in [4.78, 5) is 21.4. The number of nitrogens with one attached hydrogen (secondary N) is 2. The zero-order valence-electron chi connectivity index (χ0n) is 14.3. The Morgan fingerprint density at radius 3 is 2.72 bits per heavy atom. The number of aryl methyl sites for hydroxylation is 1. The van der Waals surface area contributed by atoms with Crippen LogP contribution in [0.25, 0.3) is 11.0 Å². The Morgan fingerprint density at radius 1 is 1.16 bits per heavy atom. The van der Waals surface area contributed by atoms with Crippen molar-refractivity contribution in [3.63, 3.8) is 0 Å². The summed E-state index contributed by atoms with van der Waals surface area (Å²) >= 11 is 6.02. The minimum Gasteiger partial charge on any atom is -0.354 e. The van der Waals surface area contributed by atoms with Crippen molar-refractivity contribution in [2.45, 2.75) is 6.92 Å². The number of hydrogen-bond donors (Lipinski definition) is 2. The SMILES string of the molecule is Cc1nc(Nc2nc3cc(N4CCN(C)CC4)ncc3[nH]2)ccc1Cl. The molecule has 7 nitrogen and oxygen atoms in total. The van der Waals surface area contributed by atoms with Crippen LogP contribution in [0.2, 0.25) is 5.02 Å². The molecule has 0 saturated carbocycles. The number of rotatable bonds is 3. The van der Waals surface area contributed by atoms with Gasteiger partial charge in [-0.3, -0.25) is 0 Å².